The second kappa shape index (κ2) is 7.17. The van der Waals surface area contributed by atoms with Crippen LogP contribution in [0.3, 0.4) is 0 Å². The molecule has 0 spiro atoms. The first-order valence-corrected chi connectivity index (χ1v) is 9.28. The smallest absolute Gasteiger partial charge is 0.0966 e. The molecule has 2 aromatic rings. The fraction of sp³-hybridized carbons (Fsp3) is 0.526. The molecule has 3 heterocycles. The van der Waals surface area contributed by atoms with Crippen molar-refractivity contribution in [1.82, 2.24) is 19.7 Å². The van der Waals surface area contributed by atoms with Crippen molar-refractivity contribution in [3.63, 3.8) is 0 Å². The standard InChI is InChI=1S/C19H24N4O3/c24-14(11-22-8-2-1-3-9-22)12-23-18(19(25)26)16-5-4-13-10-20-7-6-15(13)17(16)21-23/h6-7,10,14,24H,1-5,8-9,11-12H2,(H,25,26)/p-1. The van der Waals surface area contributed by atoms with Crippen LogP contribution in [0.15, 0.2) is 18.5 Å². The summed E-state index contributed by atoms with van der Waals surface area (Å²) in [5, 5.41) is 26.8. The highest BCUT2D eigenvalue weighted by Crippen LogP contribution is 2.34. The van der Waals surface area contributed by atoms with Gasteiger partial charge in [-0.1, -0.05) is 6.42 Å². The van der Waals surface area contributed by atoms with Gasteiger partial charge in [-0.15, -0.1) is 0 Å². The topological polar surface area (TPSA) is 94.3 Å². The number of aromatic carboxylic acids is 1. The minimum atomic E-state index is -1.23. The molecule has 0 aromatic carbocycles. The Hall–Kier alpha value is -2.25. The van der Waals surface area contributed by atoms with Crippen LogP contribution >= 0.6 is 0 Å². The van der Waals surface area contributed by atoms with Gasteiger partial charge < -0.3 is 19.9 Å². The second-order valence-corrected chi connectivity index (χ2v) is 7.19. The van der Waals surface area contributed by atoms with E-state index >= 15 is 0 Å². The molecular weight excluding hydrogens is 332 g/mol. The Morgan fingerprint density at radius 3 is 2.81 bits per heavy atom. The van der Waals surface area contributed by atoms with Gasteiger partial charge in [-0.3, -0.25) is 9.67 Å². The Morgan fingerprint density at radius 1 is 1.23 bits per heavy atom. The fourth-order valence-electron chi connectivity index (χ4n) is 4.13. The average molecular weight is 355 g/mol. The molecule has 26 heavy (non-hydrogen) atoms. The van der Waals surface area contributed by atoms with Crippen LogP contribution in [0.1, 0.15) is 40.9 Å². The number of aliphatic hydroxyl groups is 1. The Labute approximate surface area is 152 Å². The Bertz CT molecular complexity index is 811. The van der Waals surface area contributed by atoms with Crippen molar-refractivity contribution in [2.45, 2.75) is 44.8 Å². The molecule has 1 saturated heterocycles. The molecule has 7 heteroatoms. The molecule has 1 aliphatic heterocycles. The lowest BCUT2D eigenvalue weighted by Crippen LogP contribution is -2.39. The molecule has 1 N–H and O–H groups in total. The van der Waals surface area contributed by atoms with Crippen molar-refractivity contribution in [3.05, 3.63) is 35.3 Å². The number of nitrogens with zero attached hydrogens (tertiary/aromatic N) is 4. The van der Waals surface area contributed by atoms with Crippen LogP contribution in [0.4, 0.5) is 0 Å². The number of aromatic nitrogens is 3. The van der Waals surface area contributed by atoms with Gasteiger partial charge >= 0.3 is 0 Å². The van der Waals surface area contributed by atoms with Crippen molar-refractivity contribution in [3.8, 4) is 11.3 Å². The predicted octanol–water partition coefficient (Wildman–Crippen LogP) is 0.254. The number of carbonyl (C=O) groups is 1. The maximum Gasteiger partial charge on any atom is 0.0966 e. The van der Waals surface area contributed by atoms with Gasteiger partial charge in [-0.2, -0.15) is 5.10 Å². The Kier molecular flexibility index (Phi) is 4.74. The van der Waals surface area contributed by atoms with E-state index in [4.69, 9.17) is 0 Å². The molecule has 7 nitrogen and oxygen atoms in total. The monoisotopic (exact) mass is 355 g/mol. The van der Waals surface area contributed by atoms with Gasteiger partial charge in [0.05, 0.1) is 30.0 Å². The Balaban J connectivity index is 1.60. The van der Waals surface area contributed by atoms with Crippen molar-refractivity contribution in [2.75, 3.05) is 19.6 Å². The zero-order valence-electron chi connectivity index (χ0n) is 14.7. The van der Waals surface area contributed by atoms with E-state index in [1.807, 2.05) is 6.07 Å². The summed E-state index contributed by atoms with van der Waals surface area (Å²) < 4.78 is 1.42. The minimum absolute atomic E-state index is 0.0974. The van der Waals surface area contributed by atoms with E-state index in [2.05, 4.69) is 15.0 Å². The number of likely N-dealkylation sites (tertiary alicyclic amines) is 1. The Morgan fingerprint density at radius 2 is 2.04 bits per heavy atom. The molecule has 0 saturated carbocycles. The molecule has 1 unspecified atom stereocenters. The summed E-state index contributed by atoms with van der Waals surface area (Å²) in [5.74, 6) is -1.23. The highest BCUT2D eigenvalue weighted by molar-refractivity contribution is 5.89. The number of pyridine rings is 1. The fourth-order valence-corrected chi connectivity index (χ4v) is 4.13. The van der Waals surface area contributed by atoms with Crippen LogP contribution in [-0.4, -0.2) is 56.5 Å². The molecule has 0 amide bonds. The van der Waals surface area contributed by atoms with Gasteiger partial charge in [0.1, 0.15) is 0 Å². The van der Waals surface area contributed by atoms with E-state index in [1.165, 1.54) is 11.1 Å². The van der Waals surface area contributed by atoms with Crippen LogP contribution in [0, 0.1) is 0 Å². The highest BCUT2D eigenvalue weighted by Gasteiger charge is 2.26. The number of carboxylic acids is 1. The van der Waals surface area contributed by atoms with E-state index in [1.54, 1.807) is 12.4 Å². The number of hydrogen-bond donors (Lipinski definition) is 1. The quantitative estimate of drug-likeness (QED) is 0.826. The predicted molar refractivity (Wildman–Crippen MR) is 93.5 cm³/mol. The number of hydrogen-bond acceptors (Lipinski definition) is 6. The van der Waals surface area contributed by atoms with Gasteiger partial charge in [0.15, 0.2) is 0 Å². The SMILES string of the molecule is O=C([O-])c1c2c(nn1CC(O)CN1CCCCC1)-c1ccncc1CC2. The van der Waals surface area contributed by atoms with E-state index in [0.29, 0.717) is 24.2 Å². The van der Waals surface area contributed by atoms with Crippen molar-refractivity contribution in [1.29, 1.82) is 0 Å². The van der Waals surface area contributed by atoms with Crippen LogP contribution in [0.25, 0.3) is 11.3 Å². The number of aryl methyl sites for hydroxylation is 1. The van der Waals surface area contributed by atoms with Crippen LogP contribution in [-0.2, 0) is 19.4 Å². The zero-order chi connectivity index (χ0) is 18.1. The van der Waals surface area contributed by atoms with Crippen molar-refractivity contribution in [2.24, 2.45) is 0 Å². The summed E-state index contributed by atoms with van der Waals surface area (Å²) in [7, 11) is 0. The van der Waals surface area contributed by atoms with Gasteiger partial charge in [-0.05, 0) is 50.4 Å². The van der Waals surface area contributed by atoms with Crippen LogP contribution < -0.4 is 5.11 Å². The maximum absolute atomic E-state index is 11.8. The summed E-state index contributed by atoms with van der Waals surface area (Å²) in [6.45, 7) is 2.67. The highest BCUT2D eigenvalue weighted by atomic mass is 16.4. The van der Waals surface area contributed by atoms with Gasteiger partial charge in [-0.25, -0.2) is 0 Å². The van der Waals surface area contributed by atoms with Crippen molar-refractivity contribution < 1.29 is 15.0 Å². The van der Waals surface area contributed by atoms with Crippen molar-refractivity contribution >= 4 is 5.97 Å². The summed E-state index contributed by atoms with van der Waals surface area (Å²) in [6, 6.07) is 1.87. The number of aliphatic hydroxyl groups excluding tert-OH is 1. The second-order valence-electron chi connectivity index (χ2n) is 7.19. The summed E-state index contributed by atoms with van der Waals surface area (Å²) in [5.41, 5.74) is 3.48. The van der Waals surface area contributed by atoms with E-state index in [0.717, 1.165) is 43.5 Å². The number of β-amino-alcohol motifs (C(OH)–C–C–N with tert-alkyl or cyclic N) is 1. The van der Waals surface area contributed by atoms with E-state index < -0.39 is 12.1 Å². The third-order valence-electron chi connectivity index (χ3n) is 5.35. The molecule has 138 valence electrons. The summed E-state index contributed by atoms with van der Waals surface area (Å²) in [6.07, 6.45) is 7.71. The molecule has 1 atom stereocenters. The lowest BCUT2D eigenvalue weighted by Gasteiger charge is -2.28. The lowest BCUT2D eigenvalue weighted by atomic mass is 9.90. The third-order valence-corrected chi connectivity index (χ3v) is 5.35. The zero-order valence-corrected chi connectivity index (χ0v) is 14.7. The number of carboxylic acid groups (broad SMARTS) is 1. The third kappa shape index (κ3) is 3.24. The number of fused-ring (bicyclic) bond motifs is 3. The van der Waals surface area contributed by atoms with Gasteiger partial charge in [0.2, 0.25) is 0 Å². The molecular formula is C19H23N4O3-. The normalized spacial score (nSPS) is 18.2. The average Bonchev–Trinajstić information content (AvgIpc) is 3.01. The molecule has 0 radical (unpaired) electrons. The summed E-state index contributed by atoms with van der Waals surface area (Å²) >= 11 is 0. The molecule has 0 bridgehead atoms. The lowest BCUT2D eigenvalue weighted by molar-refractivity contribution is -0.256. The number of piperidine rings is 1. The minimum Gasteiger partial charge on any atom is -0.543 e. The van der Waals surface area contributed by atoms with Crippen LogP contribution in [0.5, 0.6) is 0 Å². The van der Waals surface area contributed by atoms with Crippen LogP contribution in [0.2, 0.25) is 0 Å². The molecule has 2 aromatic heterocycles. The first kappa shape index (κ1) is 17.2. The molecule has 4 rings (SSSR count). The first-order chi connectivity index (χ1) is 12.6. The van der Waals surface area contributed by atoms with Gasteiger partial charge in [0.25, 0.3) is 0 Å². The number of rotatable bonds is 5. The van der Waals surface area contributed by atoms with E-state index in [9.17, 15) is 15.0 Å². The maximum atomic E-state index is 11.8. The first-order valence-electron chi connectivity index (χ1n) is 9.28. The summed E-state index contributed by atoms with van der Waals surface area (Å²) in [4.78, 5) is 18.1. The number of carbonyl (C=O) groups excluding carboxylic acids is 1. The molecule has 1 aliphatic carbocycles. The largest absolute Gasteiger partial charge is 0.543 e. The van der Waals surface area contributed by atoms with E-state index in [-0.39, 0.29) is 12.2 Å². The van der Waals surface area contributed by atoms with Gasteiger partial charge in [0, 0.05) is 30.1 Å². The molecule has 2 aliphatic rings. The molecule has 1 fully saturated rings.